The predicted molar refractivity (Wildman–Crippen MR) is 136 cm³/mol. The van der Waals surface area contributed by atoms with Gasteiger partial charge in [-0.2, -0.15) is 10.4 Å². The van der Waals surface area contributed by atoms with Crippen LogP contribution in [0.3, 0.4) is 0 Å². The van der Waals surface area contributed by atoms with Crippen LogP contribution in [0.15, 0.2) is 48.9 Å². The Kier molecular flexibility index (Phi) is 6.70. The highest BCUT2D eigenvalue weighted by Crippen LogP contribution is 2.21. The highest BCUT2D eigenvalue weighted by atomic mass is 19.2. The lowest BCUT2D eigenvalue weighted by Crippen LogP contribution is -2.29. The molecule has 4 heterocycles. The molecule has 0 spiro atoms. The van der Waals surface area contributed by atoms with Crippen LogP contribution in [-0.4, -0.2) is 41.0 Å². The van der Waals surface area contributed by atoms with E-state index in [1.165, 1.54) is 12.3 Å². The Morgan fingerprint density at radius 1 is 1.08 bits per heavy atom. The third-order valence-electron chi connectivity index (χ3n) is 5.73. The fraction of sp³-hybridized carbons (Fsp3) is 0.120. The van der Waals surface area contributed by atoms with E-state index in [9.17, 15) is 18.8 Å². The van der Waals surface area contributed by atoms with Gasteiger partial charge in [0.15, 0.2) is 34.4 Å². The van der Waals surface area contributed by atoms with E-state index in [4.69, 9.17) is 5.73 Å². The number of nitrogens with one attached hydrogen (secondary N) is 3. The van der Waals surface area contributed by atoms with Crippen molar-refractivity contribution in [3.05, 3.63) is 83.1 Å². The molecule has 0 aliphatic carbocycles. The van der Waals surface area contributed by atoms with Crippen molar-refractivity contribution in [1.29, 1.82) is 5.26 Å². The van der Waals surface area contributed by atoms with Gasteiger partial charge in [0, 0.05) is 12.7 Å². The molecule has 5 rings (SSSR count). The number of nitrogens with two attached hydrogens (primary N) is 1. The molecular formula is C25H19F2N11O. The fourth-order valence-electron chi connectivity index (χ4n) is 3.66. The number of nitriles is 1. The number of carbonyl (C=O) groups excluding carboxylic acids is 1. The number of nitrogen functional groups attached to an aromatic ring is 1. The second-order valence-electron chi connectivity index (χ2n) is 8.40. The van der Waals surface area contributed by atoms with Crippen LogP contribution < -0.4 is 16.4 Å². The van der Waals surface area contributed by atoms with Gasteiger partial charge in [-0.05, 0) is 36.2 Å². The van der Waals surface area contributed by atoms with Crippen molar-refractivity contribution in [2.75, 3.05) is 11.1 Å². The Morgan fingerprint density at radius 3 is 2.67 bits per heavy atom. The first-order valence-electron chi connectivity index (χ1n) is 11.5. The maximum Gasteiger partial charge on any atom is 0.274 e. The molecule has 0 saturated carbocycles. The highest BCUT2D eigenvalue weighted by Gasteiger charge is 2.20. The van der Waals surface area contributed by atoms with E-state index >= 15 is 0 Å². The van der Waals surface area contributed by atoms with Crippen molar-refractivity contribution in [1.82, 2.24) is 40.4 Å². The van der Waals surface area contributed by atoms with Crippen LogP contribution in [0, 0.1) is 23.0 Å². The molecule has 1 aromatic carbocycles. The van der Waals surface area contributed by atoms with Crippen LogP contribution in [0.25, 0.3) is 22.6 Å². The first-order valence-corrected chi connectivity index (χ1v) is 11.5. The molecule has 5 aromatic rings. The van der Waals surface area contributed by atoms with E-state index in [0.717, 1.165) is 17.7 Å². The minimum absolute atomic E-state index is 0.0615. The molecule has 0 unspecified atom stereocenters. The SMILES string of the molecule is C[C@H](NC(=O)c1nc(C#N)cnc1NCc1ccc(-c2cnc3n[nH]c(N)c3n2)nc1)c1ccc(F)c(F)c1. The lowest BCUT2D eigenvalue weighted by atomic mass is 10.1. The zero-order chi connectivity index (χ0) is 27.5. The number of benzene rings is 1. The smallest absolute Gasteiger partial charge is 0.274 e. The summed E-state index contributed by atoms with van der Waals surface area (Å²) in [5.41, 5.74) is 8.68. The molecule has 5 N–H and O–H groups in total. The third kappa shape index (κ3) is 5.27. The molecule has 1 atom stereocenters. The summed E-state index contributed by atoms with van der Waals surface area (Å²) >= 11 is 0. The summed E-state index contributed by atoms with van der Waals surface area (Å²) in [6, 6.07) is 8.08. The van der Waals surface area contributed by atoms with Gasteiger partial charge < -0.3 is 16.4 Å². The fourth-order valence-corrected chi connectivity index (χ4v) is 3.66. The molecule has 39 heavy (non-hydrogen) atoms. The largest absolute Gasteiger partial charge is 0.382 e. The number of nitrogens with zero attached hydrogens (tertiary/aromatic N) is 7. The van der Waals surface area contributed by atoms with Crippen LogP contribution in [0.1, 0.15) is 40.3 Å². The zero-order valence-corrected chi connectivity index (χ0v) is 20.3. The molecular weight excluding hydrogens is 508 g/mol. The van der Waals surface area contributed by atoms with Crippen molar-refractivity contribution in [2.24, 2.45) is 0 Å². The monoisotopic (exact) mass is 527 g/mol. The topological polar surface area (TPSA) is 184 Å². The Bertz CT molecular complexity index is 1730. The van der Waals surface area contributed by atoms with Gasteiger partial charge in [0.05, 0.1) is 24.1 Å². The number of amides is 1. The summed E-state index contributed by atoms with van der Waals surface area (Å²) in [5, 5.41) is 21.5. The van der Waals surface area contributed by atoms with Crippen molar-refractivity contribution < 1.29 is 13.6 Å². The van der Waals surface area contributed by atoms with Crippen molar-refractivity contribution in [3.8, 4) is 17.5 Å². The van der Waals surface area contributed by atoms with Crippen LogP contribution in [-0.2, 0) is 6.54 Å². The molecule has 14 heteroatoms. The molecule has 0 aliphatic rings. The molecule has 0 radical (unpaired) electrons. The molecule has 0 bridgehead atoms. The Labute approximate surface area is 219 Å². The van der Waals surface area contributed by atoms with E-state index < -0.39 is 23.6 Å². The van der Waals surface area contributed by atoms with Crippen molar-refractivity contribution >= 4 is 28.7 Å². The Morgan fingerprint density at radius 2 is 1.92 bits per heavy atom. The van der Waals surface area contributed by atoms with Crippen LogP contribution >= 0.6 is 0 Å². The standard InChI is InChI=1S/C25H19F2N11O/c1-12(14-3-4-16(26)17(27)6-14)34-25(39)21-23(32-10-15(7-28)35-21)31-9-13-2-5-18(30-8-13)19-11-33-24-20(36-19)22(29)37-38-24/h2-6,8,10-12H,9H2,1H3,(H,31,32)(H,34,39)(H3,29,33,37,38)/t12-/m0/s1. The Hall–Kier alpha value is -5.58. The van der Waals surface area contributed by atoms with Crippen LogP contribution in [0.2, 0.25) is 0 Å². The van der Waals surface area contributed by atoms with Gasteiger partial charge >= 0.3 is 0 Å². The Balaban J connectivity index is 1.31. The molecule has 194 valence electrons. The molecule has 4 aromatic heterocycles. The molecule has 0 aliphatic heterocycles. The number of hydrogen-bond donors (Lipinski definition) is 4. The number of pyridine rings is 1. The van der Waals surface area contributed by atoms with Gasteiger partial charge in [-0.25, -0.2) is 28.7 Å². The lowest BCUT2D eigenvalue weighted by molar-refractivity contribution is 0.0935. The number of hydrogen-bond acceptors (Lipinski definition) is 10. The molecule has 0 fully saturated rings. The number of carbonyl (C=O) groups is 1. The number of aromatic nitrogens is 7. The minimum atomic E-state index is -1.03. The first-order chi connectivity index (χ1) is 18.8. The van der Waals surface area contributed by atoms with E-state index in [1.807, 2.05) is 12.1 Å². The second kappa shape index (κ2) is 10.4. The van der Waals surface area contributed by atoms with E-state index in [2.05, 4.69) is 45.8 Å². The lowest BCUT2D eigenvalue weighted by Gasteiger charge is -2.16. The minimum Gasteiger partial charge on any atom is -0.382 e. The number of H-pyrrole nitrogens is 1. The maximum absolute atomic E-state index is 13.6. The van der Waals surface area contributed by atoms with Crippen LogP contribution in [0.4, 0.5) is 20.4 Å². The normalized spacial score (nSPS) is 11.6. The summed E-state index contributed by atoms with van der Waals surface area (Å²) in [4.78, 5) is 34.3. The summed E-state index contributed by atoms with van der Waals surface area (Å²) in [6.45, 7) is 1.84. The van der Waals surface area contributed by atoms with Gasteiger partial charge in [-0.3, -0.25) is 14.9 Å². The molecule has 0 saturated heterocycles. The second-order valence-corrected chi connectivity index (χ2v) is 8.40. The van der Waals surface area contributed by atoms with Gasteiger partial charge in [0.2, 0.25) is 5.65 Å². The number of aromatic amines is 1. The third-order valence-corrected chi connectivity index (χ3v) is 5.73. The number of anilines is 2. The van der Waals surface area contributed by atoms with E-state index in [1.54, 1.807) is 25.4 Å². The van der Waals surface area contributed by atoms with E-state index in [-0.39, 0.29) is 23.8 Å². The number of halogens is 2. The summed E-state index contributed by atoms with van der Waals surface area (Å²) in [7, 11) is 0. The van der Waals surface area contributed by atoms with Gasteiger partial charge in [-0.15, -0.1) is 0 Å². The van der Waals surface area contributed by atoms with Gasteiger partial charge in [0.25, 0.3) is 5.91 Å². The molecule has 12 nitrogen and oxygen atoms in total. The number of rotatable bonds is 7. The highest BCUT2D eigenvalue weighted by molar-refractivity contribution is 5.97. The van der Waals surface area contributed by atoms with Crippen molar-refractivity contribution in [2.45, 2.75) is 19.5 Å². The number of fused-ring (bicyclic) bond motifs is 1. The average molecular weight is 527 g/mol. The first kappa shape index (κ1) is 25.1. The van der Waals surface area contributed by atoms with Crippen LogP contribution in [0.5, 0.6) is 0 Å². The average Bonchev–Trinajstić information content (AvgIpc) is 3.33. The maximum atomic E-state index is 13.6. The summed E-state index contributed by atoms with van der Waals surface area (Å²) < 4.78 is 26.9. The molecule has 1 amide bonds. The van der Waals surface area contributed by atoms with Gasteiger partial charge in [0.1, 0.15) is 17.6 Å². The zero-order valence-electron chi connectivity index (χ0n) is 20.3. The van der Waals surface area contributed by atoms with Gasteiger partial charge in [-0.1, -0.05) is 12.1 Å². The van der Waals surface area contributed by atoms with E-state index in [0.29, 0.717) is 33.9 Å². The summed E-state index contributed by atoms with van der Waals surface area (Å²) in [6.07, 6.45) is 4.39. The quantitative estimate of drug-likeness (QED) is 0.245. The predicted octanol–water partition coefficient (Wildman–Crippen LogP) is 3.04. The van der Waals surface area contributed by atoms with Crippen molar-refractivity contribution in [3.63, 3.8) is 0 Å². The summed E-state index contributed by atoms with van der Waals surface area (Å²) in [5.74, 6) is -2.24.